The average molecular weight is 255 g/mol. The third-order valence-corrected chi connectivity index (χ3v) is 4.06. The molecular formula is C15H33N3. The second kappa shape index (κ2) is 6.36. The molecule has 1 heterocycles. The van der Waals surface area contributed by atoms with E-state index in [1.165, 1.54) is 26.1 Å². The molecule has 0 amide bonds. The lowest BCUT2D eigenvalue weighted by Gasteiger charge is -2.29. The van der Waals surface area contributed by atoms with Gasteiger partial charge in [-0.3, -0.25) is 0 Å². The molecule has 1 aliphatic heterocycles. The van der Waals surface area contributed by atoms with Crippen LogP contribution in [0, 0.1) is 17.3 Å². The maximum atomic E-state index is 5.95. The maximum Gasteiger partial charge on any atom is 0.0254 e. The summed E-state index contributed by atoms with van der Waals surface area (Å²) in [6, 6.07) is 0.707. The molecule has 1 saturated heterocycles. The van der Waals surface area contributed by atoms with Crippen LogP contribution in [0.5, 0.6) is 0 Å². The van der Waals surface area contributed by atoms with Crippen LogP contribution >= 0.6 is 0 Å². The van der Waals surface area contributed by atoms with Crippen molar-refractivity contribution in [2.24, 2.45) is 23.0 Å². The van der Waals surface area contributed by atoms with E-state index in [2.05, 4.69) is 51.6 Å². The van der Waals surface area contributed by atoms with Crippen molar-refractivity contribution < 1.29 is 0 Å². The molecule has 108 valence electrons. The van der Waals surface area contributed by atoms with Gasteiger partial charge in [-0.1, -0.05) is 27.7 Å². The molecule has 3 unspecified atom stereocenters. The summed E-state index contributed by atoms with van der Waals surface area (Å²) in [6.07, 6.45) is 1.22. The summed E-state index contributed by atoms with van der Waals surface area (Å²) in [5, 5.41) is 0. The summed E-state index contributed by atoms with van der Waals surface area (Å²) < 4.78 is 0. The Balaban J connectivity index is 2.47. The number of nitrogens with two attached hydrogens (primary N) is 1. The highest BCUT2D eigenvalue weighted by atomic mass is 15.2. The predicted molar refractivity (Wildman–Crippen MR) is 79.7 cm³/mol. The minimum Gasteiger partial charge on any atom is -0.330 e. The van der Waals surface area contributed by atoms with Crippen molar-refractivity contribution in [1.82, 2.24) is 9.80 Å². The summed E-state index contributed by atoms with van der Waals surface area (Å²) in [6.45, 7) is 13.7. The van der Waals surface area contributed by atoms with Gasteiger partial charge in [-0.2, -0.15) is 0 Å². The SMILES string of the molecule is CC1CN(CC(CN)CC(C)(C)C)CC1N(C)C. The molecule has 1 aliphatic rings. The van der Waals surface area contributed by atoms with Gasteiger partial charge >= 0.3 is 0 Å². The molecule has 3 atom stereocenters. The summed E-state index contributed by atoms with van der Waals surface area (Å²) in [5.41, 5.74) is 6.34. The lowest BCUT2D eigenvalue weighted by atomic mass is 9.84. The van der Waals surface area contributed by atoms with Gasteiger partial charge in [0.2, 0.25) is 0 Å². The number of hydrogen-bond acceptors (Lipinski definition) is 3. The fourth-order valence-corrected chi connectivity index (χ4v) is 3.32. The second-order valence-corrected chi connectivity index (χ2v) is 7.59. The van der Waals surface area contributed by atoms with Gasteiger partial charge in [0.05, 0.1) is 0 Å². The monoisotopic (exact) mass is 255 g/mol. The van der Waals surface area contributed by atoms with Crippen LogP contribution in [-0.2, 0) is 0 Å². The molecule has 0 bridgehead atoms. The van der Waals surface area contributed by atoms with Crippen LogP contribution in [0.1, 0.15) is 34.1 Å². The van der Waals surface area contributed by atoms with Crippen molar-refractivity contribution in [3.05, 3.63) is 0 Å². The molecular weight excluding hydrogens is 222 g/mol. The van der Waals surface area contributed by atoms with Crippen LogP contribution < -0.4 is 5.73 Å². The van der Waals surface area contributed by atoms with Gasteiger partial charge in [0.15, 0.2) is 0 Å². The molecule has 0 saturated carbocycles. The van der Waals surface area contributed by atoms with Crippen molar-refractivity contribution in [2.75, 3.05) is 40.3 Å². The first-order chi connectivity index (χ1) is 8.23. The molecule has 0 radical (unpaired) electrons. The van der Waals surface area contributed by atoms with Gasteiger partial charge < -0.3 is 15.5 Å². The van der Waals surface area contributed by atoms with Crippen molar-refractivity contribution >= 4 is 0 Å². The fourth-order valence-electron chi connectivity index (χ4n) is 3.32. The van der Waals surface area contributed by atoms with E-state index in [0.717, 1.165) is 12.5 Å². The van der Waals surface area contributed by atoms with Crippen LogP contribution in [0.3, 0.4) is 0 Å². The standard InChI is InChI=1S/C15H33N3/c1-12-9-18(11-14(12)17(5)6)10-13(8-16)7-15(2,3)4/h12-14H,7-11,16H2,1-6H3. The molecule has 0 spiro atoms. The Kier molecular flexibility index (Phi) is 5.63. The number of nitrogens with zero attached hydrogens (tertiary/aromatic N) is 2. The largest absolute Gasteiger partial charge is 0.330 e. The van der Waals surface area contributed by atoms with E-state index in [1.807, 2.05) is 0 Å². The van der Waals surface area contributed by atoms with Crippen LogP contribution in [0.4, 0.5) is 0 Å². The lowest BCUT2D eigenvalue weighted by molar-refractivity contribution is 0.207. The van der Waals surface area contributed by atoms with Gasteiger partial charge in [0.25, 0.3) is 0 Å². The Morgan fingerprint density at radius 2 is 1.89 bits per heavy atom. The molecule has 0 aliphatic carbocycles. The van der Waals surface area contributed by atoms with E-state index in [4.69, 9.17) is 5.73 Å². The molecule has 0 aromatic heterocycles. The van der Waals surface area contributed by atoms with E-state index in [0.29, 0.717) is 17.4 Å². The summed E-state index contributed by atoms with van der Waals surface area (Å²) >= 11 is 0. The molecule has 1 rings (SSSR count). The average Bonchev–Trinajstić information content (AvgIpc) is 2.56. The van der Waals surface area contributed by atoms with Crippen LogP contribution in [-0.4, -0.2) is 56.1 Å². The van der Waals surface area contributed by atoms with Crippen LogP contribution in [0.25, 0.3) is 0 Å². The van der Waals surface area contributed by atoms with Crippen molar-refractivity contribution in [3.8, 4) is 0 Å². The maximum absolute atomic E-state index is 5.95. The summed E-state index contributed by atoms with van der Waals surface area (Å²) in [7, 11) is 4.39. The molecule has 3 heteroatoms. The van der Waals surface area contributed by atoms with Crippen molar-refractivity contribution in [1.29, 1.82) is 0 Å². The Morgan fingerprint density at radius 3 is 2.28 bits per heavy atom. The Hall–Kier alpha value is -0.120. The third kappa shape index (κ3) is 4.87. The van der Waals surface area contributed by atoms with E-state index in [-0.39, 0.29) is 0 Å². The highest BCUT2D eigenvalue weighted by Gasteiger charge is 2.32. The molecule has 18 heavy (non-hydrogen) atoms. The second-order valence-electron chi connectivity index (χ2n) is 7.59. The van der Waals surface area contributed by atoms with Gasteiger partial charge in [-0.15, -0.1) is 0 Å². The predicted octanol–water partition coefficient (Wildman–Crippen LogP) is 1.88. The molecule has 1 fully saturated rings. The smallest absolute Gasteiger partial charge is 0.0254 e. The van der Waals surface area contributed by atoms with E-state index < -0.39 is 0 Å². The van der Waals surface area contributed by atoms with Crippen LogP contribution in [0.2, 0.25) is 0 Å². The van der Waals surface area contributed by atoms with Gasteiger partial charge in [-0.25, -0.2) is 0 Å². The first-order valence-electron chi connectivity index (χ1n) is 7.32. The van der Waals surface area contributed by atoms with Crippen molar-refractivity contribution in [2.45, 2.75) is 40.2 Å². The summed E-state index contributed by atoms with van der Waals surface area (Å²) in [4.78, 5) is 4.98. The number of likely N-dealkylation sites (tertiary alicyclic amines) is 1. The Bertz CT molecular complexity index is 245. The first-order valence-corrected chi connectivity index (χ1v) is 7.32. The summed E-state index contributed by atoms with van der Waals surface area (Å²) in [5.74, 6) is 1.41. The number of rotatable bonds is 5. The van der Waals surface area contributed by atoms with E-state index in [1.54, 1.807) is 0 Å². The highest BCUT2D eigenvalue weighted by molar-refractivity contribution is 4.88. The van der Waals surface area contributed by atoms with E-state index >= 15 is 0 Å². The van der Waals surface area contributed by atoms with Crippen molar-refractivity contribution in [3.63, 3.8) is 0 Å². The number of likely N-dealkylation sites (N-methyl/N-ethyl adjacent to an activating group) is 1. The number of hydrogen-bond donors (Lipinski definition) is 1. The third-order valence-electron chi connectivity index (χ3n) is 4.06. The topological polar surface area (TPSA) is 32.5 Å². The van der Waals surface area contributed by atoms with Gasteiger partial charge in [0.1, 0.15) is 0 Å². The molecule has 0 aromatic carbocycles. The lowest BCUT2D eigenvalue weighted by Crippen LogP contribution is -2.37. The van der Waals surface area contributed by atoms with Gasteiger partial charge in [-0.05, 0) is 44.3 Å². The molecule has 3 nitrogen and oxygen atoms in total. The minimum absolute atomic E-state index is 0.385. The Morgan fingerprint density at radius 1 is 1.28 bits per heavy atom. The highest BCUT2D eigenvalue weighted by Crippen LogP contribution is 2.27. The zero-order chi connectivity index (χ0) is 13.9. The quantitative estimate of drug-likeness (QED) is 0.814. The zero-order valence-electron chi connectivity index (χ0n) is 13.2. The first kappa shape index (κ1) is 15.9. The normalized spacial score (nSPS) is 28.0. The Labute approximate surface area is 114 Å². The minimum atomic E-state index is 0.385. The molecule has 0 aromatic rings. The van der Waals surface area contributed by atoms with Gasteiger partial charge in [0, 0.05) is 25.7 Å². The molecule has 2 N–H and O–H groups in total. The fraction of sp³-hybridized carbons (Fsp3) is 1.00. The van der Waals surface area contributed by atoms with Crippen LogP contribution in [0.15, 0.2) is 0 Å². The zero-order valence-corrected chi connectivity index (χ0v) is 13.2. The van der Waals surface area contributed by atoms with E-state index in [9.17, 15) is 0 Å².